The Morgan fingerprint density at radius 2 is 1.96 bits per heavy atom. The van der Waals surface area contributed by atoms with Crippen LogP contribution in [0.2, 0.25) is 0 Å². The molecular weight excluding hydrogens is 316 g/mol. The first-order valence-electron chi connectivity index (χ1n) is 9.47. The lowest BCUT2D eigenvalue weighted by atomic mass is 9.97. The van der Waals surface area contributed by atoms with Gasteiger partial charge < -0.3 is 15.5 Å². The van der Waals surface area contributed by atoms with Gasteiger partial charge in [0, 0.05) is 57.6 Å². The fourth-order valence-electron chi connectivity index (χ4n) is 3.81. The number of rotatable bonds is 6. The minimum absolute atomic E-state index is 0.0147. The summed E-state index contributed by atoms with van der Waals surface area (Å²) in [6.45, 7) is 11.3. The molecule has 0 spiro atoms. The number of primary amides is 1. The average molecular weight is 348 g/mol. The van der Waals surface area contributed by atoms with E-state index < -0.39 is 0 Å². The molecule has 2 aliphatic heterocycles. The first-order chi connectivity index (χ1) is 12.0. The zero-order chi connectivity index (χ0) is 17.8. The van der Waals surface area contributed by atoms with Gasteiger partial charge in [-0.1, -0.05) is 0 Å². The summed E-state index contributed by atoms with van der Waals surface area (Å²) in [6.07, 6.45) is 4.19. The second kappa shape index (κ2) is 8.29. The topological polar surface area (TPSA) is 70.6 Å². The molecule has 140 valence electrons. The van der Waals surface area contributed by atoms with E-state index in [4.69, 9.17) is 10.8 Å². The molecule has 7 nitrogen and oxygen atoms in total. The molecule has 2 saturated heterocycles. The number of nitrogens with two attached hydrogens (primary N) is 1. The monoisotopic (exact) mass is 348 g/mol. The molecular formula is C18H32N6O. The molecule has 0 bridgehead atoms. The maximum absolute atomic E-state index is 11.4. The van der Waals surface area contributed by atoms with Gasteiger partial charge in [0.1, 0.15) is 0 Å². The second-order valence-corrected chi connectivity index (χ2v) is 7.62. The number of aryl methyl sites for hydroxylation is 1. The van der Waals surface area contributed by atoms with E-state index in [1.807, 2.05) is 0 Å². The van der Waals surface area contributed by atoms with Crippen molar-refractivity contribution in [2.24, 2.45) is 11.7 Å². The molecule has 0 aromatic carbocycles. The molecule has 2 fully saturated rings. The molecule has 1 aromatic rings. The summed E-state index contributed by atoms with van der Waals surface area (Å²) < 4.78 is 2.06. The molecule has 1 aromatic heterocycles. The second-order valence-electron chi connectivity index (χ2n) is 7.62. The Morgan fingerprint density at radius 3 is 2.68 bits per heavy atom. The molecule has 0 radical (unpaired) electrons. The van der Waals surface area contributed by atoms with Gasteiger partial charge in [-0.05, 0) is 33.4 Å². The number of piperidine rings is 1. The Balaban J connectivity index is 1.49. The Bertz CT molecular complexity index is 578. The minimum Gasteiger partial charge on any atom is -0.369 e. The first kappa shape index (κ1) is 18.4. The highest BCUT2D eigenvalue weighted by molar-refractivity contribution is 5.76. The highest BCUT2D eigenvalue weighted by Crippen LogP contribution is 2.16. The Hall–Kier alpha value is -1.44. The zero-order valence-corrected chi connectivity index (χ0v) is 15.7. The number of hydrogen-bond acceptors (Lipinski definition) is 5. The fourth-order valence-corrected chi connectivity index (χ4v) is 3.81. The van der Waals surface area contributed by atoms with Gasteiger partial charge >= 0.3 is 0 Å². The standard InChI is InChI=1S/C18H32N6O/c1-15-17(13-23-8-6-21(2)7-9-23)14-24(20-15)11-10-22-5-3-4-16(12-22)18(19)25/h14,16H,3-13H2,1-2H3,(H2,19,25)/t16-/m0/s1. The van der Waals surface area contributed by atoms with Crippen molar-refractivity contribution in [1.82, 2.24) is 24.5 Å². The van der Waals surface area contributed by atoms with E-state index in [9.17, 15) is 4.79 Å². The van der Waals surface area contributed by atoms with Crippen LogP contribution < -0.4 is 5.73 Å². The molecule has 2 N–H and O–H groups in total. The Labute approximate surface area is 150 Å². The molecule has 0 aliphatic carbocycles. The summed E-state index contributed by atoms with van der Waals surface area (Å²) in [5, 5.41) is 4.69. The predicted octanol–water partition coefficient (Wildman–Crippen LogP) is 0.136. The van der Waals surface area contributed by atoms with E-state index in [0.717, 1.165) is 77.4 Å². The van der Waals surface area contributed by atoms with Crippen molar-refractivity contribution in [3.63, 3.8) is 0 Å². The van der Waals surface area contributed by atoms with Crippen LogP contribution in [0.5, 0.6) is 0 Å². The van der Waals surface area contributed by atoms with Crippen LogP contribution in [0.3, 0.4) is 0 Å². The highest BCUT2D eigenvalue weighted by atomic mass is 16.1. The number of aromatic nitrogens is 2. The van der Waals surface area contributed by atoms with Crippen LogP contribution in [0.4, 0.5) is 0 Å². The number of likely N-dealkylation sites (N-methyl/N-ethyl adjacent to an activating group) is 1. The highest BCUT2D eigenvalue weighted by Gasteiger charge is 2.23. The van der Waals surface area contributed by atoms with Crippen LogP contribution >= 0.6 is 0 Å². The molecule has 1 atom stereocenters. The third-order valence-corrected chi connectivity index (χ3v) is 5.59. The van der Waals surface area contributed by atoms with Crippen LogP contribution in [-0.2, 0) is 17.9 Å². The number of amides is 1. The number of carbonyl (C=O) groups is 1. The predicted molar refractivity (Wildman–Crippen MR) is 98.1 cm³/mol. The fraction of sp³-hybridized carbons (Fsp3) is 0.778. The van der Waals surface area contributed by atoms with Gasteiger partial charge in [-0.15, -0.1) is 0 Å². The van der Waals surface area contributed by atoms with Gasteiger partial charge in [0.15, 0.2) is 0 Å². The number of nitrogens with zero attached hydrogens (tertiary/aromatic N) is 5. The van der Waals surface area contributed by atoms with Crippen LogP contribution in [0.15, 0.2) is 6.20 Å². The van der Waals surface area contributed by atoms with Crippen molar-refractivity contribution in [2.75, 3.05) is 52.9 Å². The van der Waals surface area contributed by atoms with Crippen LogP contribution in [0.25, 0.3) is 0 Å². The molecule has 3 rings (SSSR count). The molecule has 0 saturated carbocycles. The number of piperazine rings is 1. The van der Waals surface area contributed by atoms with Gasteiger partial charge in [-0.25, -0.2) is 0 Å². The summed E-state index contributed by atoms with van der Waals surface area (Å²) in [6, 6.07) is 0. The molecule has 7 heteroatoms. The number of likely N-dealkylation sites (tertiary alicyclic amines) is 1. The third kappa shape index (κ3) is 5.03. The van der Waals surface area contributed by atoms with Crippen molar-refractivity contribution in [3.05, 3.63) is 17.5 Å². The van der Waals surface area contributed by atoms with E-state index in [1.54, 1.807) is 0 Å². The lowest BCUT2D eigenvalue weighted by Gasteiger charge is -2.32. The maximum atomic E-state index is 11.4. The van der Waals surface area contributed by atoms with Gasteiger partial charge in [0.25, 0.3) is 0 Å². The maximum Gasteiger partial charge on any atom is 0.221 e. The molecule has 1 amide bonds. The summed E-state index contributed by atoms with van der Waals surface area (Å²) in [5.41, 5.74) is 7.93. The van der Waals surface area contributed by atoms with Gasteiger partial charge in [0.05, 0.1) is 18.2 Å². The van der Waals surface area contributed by atoms with Crippen molar-refractivity contribution < 1.29 is 4.79 Å². The molecule has 3 heterocycles. The zero-order valence-electron chi connectivity index (χ0n) is 15.7. The van der Waals surface area contributed by atoms with Crippen molar-refractivity contribution in [3.8, 4) is 0 Å². The molecule has 2 aliphatic rings. The summed E-state index contributed by atoms with van der Waals surface area (Å²) in [5.74, 6) is -0.144. The average Bonchev–Trinajstić information content (AvgIpc) is 2.95. The summed E-state index contributed by atoms with van der Waals surface area (Å²) in [7, 11) is 2.18. The number of hydrogen-bond donors (Lipinski definition) is 1. The lowest BCUT2D eigenvalue weighted by molar-refractivity contribution is -0.123. The lowest BCUT2D eigenvalue weighted by Crippen LogP contribution is -2.43. The third-order valence-electron chi connectivity index (χ3n) is 5.59. The number of carbonyl (C=O) groups excluding carboxylic acids is 1. The van der Waals surface area contributed by atoms with E-state index in [-0.39, 0.29) is 11.8 Å². The normalized spacial score (nSPS) is 23.8. The van der Waals surface area contributed by atoms with Crippen LogP contribution in [0, 0.1) is 12.8 Å². The molecule has 0 unspecified atom stereocenters. The van der Waals surface area contributed by atoms with Crippen LogP contribution in [-0.4, -0.2) is 83.2 Å². The van der Waals surface area contributed by atoms with Gasteiger partial charge in [-0.3, -0.25) is 14.4 Å². The van der Waals surface area contributed by atoms with Crippen molar-refractivity contribution >= 4 is 5.91 Å². The van der Waals surface area contributed by atoms with Crippen molar-refractivity contribution in [1.29, 1.82) is 0 Å². The van der Waals surface area contributed by atoms with E-state index >= 15 is 0 Å². The quantitative estimate of drug-likeness (QED) is 0.792. The Morgan fingerprint density at radius 1 is 1.20 bits per heavy atom. The Kier molecular flexibility index (Phi) is 6.09. The molecule has 25 heavy (non-hydrogen) atoms. The van der Waals surface area contributed by atoms with Crippen LogP contribution in [0.1, 0.15) is 24.1 Å². The van der Waals surface area contributed by atoms with Gasteiger partial charge in [-0.2, -0.15) is 5.10 Å². The largest absolute Gasteiger partial charge is 0.369 e. The van der Waals surface area contributed by atoms with E-state index in [0.29, 0.717) is 0 Å². The van der Waals surface area contributed by atoms with Gasteiger partial charge in [0.2, 0.25) is 5.91 Å². The van der Waals surface area contributed by atoms with E-state index in [2.05, 4.69) is 39.5 Å². The van der Waals surface area contributed by atoms with Crippen molar-refractivity contribution in [2.45, 2.75) is 32.9 Å². The summed E-state index contributed by atoms with van der Waals surface area (Å²) in [4.78, 5) is 18.6. The summed E-state index contributed by atoms with van der Waals surface area (Å²) >= 11 is 0. The minimum atomic E-state index is -0.158. The SMILES string of the molecule is Cc1nn(CCN2CCC[C@H](C(N)=O)C2)cc1CN1CCN(C)CC1. The smallest absolute Gasteiger partial charge is 0.221 e. The van der Waals surface area contributed by atoms with E-state index in [1.165, 1.54) is 5.56 Å². The first-order valence-corrected chi connectivity index (χ1v) is 9.47.